The SMILES string of the molecule is C=Cc1cccc(C(C(=O)NCc2ccccc2)N(C)C(=O)C(NC(=O)OC(C)(C)C)C(C)C)c1. The number of nitrogens with one attached hydrogen (secondary N) is 2. The average molecular weight is 480 g/mol. The molecule has 2 N–H and O–H groups in total. The summed E-state index contributed by atoms with van der Waals surface area (Å²) in [4.78, 5) is 40.8. The first-order valence-electron chi connectivity index (χ1n) is 11.7. The third-order valence-corrected chi connectivity index (χ3v) is 5.36. The smallest absolute Gasteiger partial charge is 0.408 e. The number of benzene rings is 2. The van der Waals surface area contributed by atoms with Gasteiger partial charge in [-0.3, -0.25) is 9.59 Å². The summed E-state index contributed by atoms with van der Waals surface area (Å²) in [7, 11) is 1.57. The van der Waals surface area contributed by atoms with E-state index < -0.39 is 29.7 Å². The predicted octanol–water partition coefficient (Wildman–Crippen LogP) is 4.69. The molecule has 7 heteroatoms. The lowest BCUT2D eigenvalue weighted by molar-refractivity contribution is -0.141. The summed E-state index contributed by atoms with van der Waals surface area (Å²) in [5.41, 5.74) is 1.71. The van der Waals surface area contributed by atoms with Crippen LogP contribution in [-0.4, -0.2) is 41.5 Å². The number of ether oxygens (including phenoxy) is 1. The molecule has 2 rings (SSSR count). The highest BCUT2D eigenvalue weighted by atomic mass is 16.6. The Morgan fingerprint density at radius 2 is 1.71 bits per heavy atom. The minimum Gasteiger partial charge on any atom is -0.444 e. The van der Waals surface area contributed by atoms with Crippen molar-refractivity contribution in [2.75, 3.05) is 7.05 Å². The minimum absolute atomic E-state index is 0.231. The Labute approximate surface area is 208 Å². The molecule has 0 aliphatic heterocycles. The molecule has 0 fully saturated rings. The Kier molecular flexibility index (Phi) is 9.63. The van der Waals surface area contributed by atoms with Gasteiger partial charge in [0.1, 0.15) is 17.7 Å². The molecule has 3 amide bonds. The van der Waals surface area contributed by atoms with Crippen molar-refractivity contribution in [3.05, 3.63) is 77.9 Å². The van der Waals surface area contributed by atoms with Gasteiger partial charge in [0.2, 0.25) is 11.8 Å². The maximum Gasteiger partial charge on any atom is 0.408 e. The number of likely N-dealkylation sites (N-methyl/N-ethyl adjacent to an activating group) is 1. The van der Waals surface area contributed by atoms with Gasteiger partial charge in [0, 0.05) is 13.6 Å². The number of alkyl carbamates (subject to hydrolysis) is 1. The van der Waals surface area contributed by atoms with E-state index >= 15 is 0 Å². The fraction of sp³-hybridized carbons (Fsp3) is 0.393. The second-order valence-corrected chi connectivity index (χ2v) is 9.80. The van der Waals surface area contributed by atoms with Crippen molar-refractivity contribution in [2.45, 2.75) is 58.8 Å². The number of carbonyl (C=O) groups excluding carboxylic acids is 3. The van der Waals surface area contributed by atoms with Gasteiger partial charge < -0.3 is 20.3 Å². The molecule has 0 radical (unpaired) electrons. The molecular weight excluding hydrogens is 442 g/mol. The van der Waals surface area contributed by atoms with Crippen LogP contribution in [0.4, 0.5) is 4.79 Å². The number of rotatable bonds is 9. The van der Waals surface area contributed by atoms with Crippen molar-refractivity contribution >= 4 is 24.0 Å². The first-order chi connectivity index (χ1) is 16.4. The van der Waals surface area contributed by atoms with Crippen LogP contribution >= 0.6 is 0 Å². The van der Waals surface area contributed by atoms with Gasteiger partial charge in [0.05, 0.1) is 0 Å². The molecule has 2 atom stereocenters. The van der Waals surface area contributed by atoms with Crippen LogP contribution in [0.1, 0.15) is 57.4 Å². The summed E-state index contributed by atoms with van der Waals surface area (Å²) in [5.74, 6) is -0.953. The summed E-state index contributed by atoms with van der Waals surface area (Å²) >= 11 is 0. The van der Waals surface area contributed by atoms with Crippen molar-refractivity contribution in [1.82, 2.24) is 15.5 Å². The maximum atomic E-state index is 13.6. The third kappa shape index (κ3) is 8.28. The van der Waals surface area contributed by atoms with Crippen LogP contribution in [0.15, 0.2) is 61.2 Å². The van der Waals surface area contributed by atoms with Gasteiger partial charge in [-0.1, -0.05) is 75.0 Å². The van der Waals surface area contributed by atoms with Gasteiger partial charge in [-0.2, -0.15) is 0 Å². The molecule has 2 aromatic carbocycles. The topological polar surface area (TPSA) is 87.7 Å². The lowest BCUT2D eigenvalue weighted by Gasteiger charge is -2.33. The zero-order valence-corrected chi connectivity index (χ0v) is 21.5. The molecule has 2 unspecified atom stereocenters. The lowest BCUT2D eigenvalue weighted by Crippen LogP contribution is -2.53. The van der Waals surface area contributed by atoms with E-state index in [1.165, 1.54) is 4.90 Å². The fourth-order valence-electron chi connectivity index (χ4n) is 3.58. The molecular formula is C28H37N3O4. The van der Waals surface area contributed by atoms with E-state index in [0.29, 0.717) is 12.1 Å². The highest BCUT2D eigenvalue weighted by Gasteiger charge is 2.35. The molecule has 0 aliphatic carbocycles. The van der Waals surface area contributed by atoms with Crippen molar-refractivity contribution in [1.29, 1.82) is 0 Å². The molecule has 0 saturated heterocycles. The lowest BCUT2D eigenvalue weighted by atomic mass is 9.98. The highest BCUT2D eigenvalue weighted by molar-refractivity contribution is 5.92. The highest BCUT2D eigenvalue weighted by Crippen LogP contribution is 2.24. The average Bonchev–Trinajstić information content (AvgIpc) is 2.80. The van der Waals surface area contributed by atoms with Crippen LogP contribution in [0.3, 0.4) is 0 Å². The van der Waals surface area contributed by atoms with Gasteiger partial charge in [-0.15, -0.1) is 0 Å². The van der Waals surface area contributed by atoms with E-state index in [1.54, 1.807) is 40.0 Å². The standard InChI is InChI=1S/C28H37N3O4/c1-8-20-15-12-16-22(17-20)24(25(32)29-18-21-13-10-9-11-14-21)31(7)26(33)23(19(2)3)30-27(34)35-28(4,5)6/h8-17,19,23-24H,1,18H2,2-7H3,(H,29,32)(H,30,34). The molecule has 0 aliphatic rings. The van der Waals surface area contributed by atoms with E-state index in [2.05, 4.69) is 17.2 Å². The molecule has 35 heavy (non-hydrogen) atoms. The first-order valence-corrected chi connectivity index (χ1v) is 11.7. The summed E-state index contributed by atoms with van der Waals surface area (Å²) in [5, 5.41) is 5.62. The monoisotopic (exact) mass is 479 g/mol. The van der Waals surface area contributed by atoms with Gasteiger partial charge in [-0.25, -0.2) is 4.79 Å². The molecule has 7 nitrogen and oxygen atoms in total. The zero-order valence-electron chi connectivity index (χ0n) is 21.5. The summed E-state index contributed by atoms with van der Waals surface area (Å²) in [6.45, 7) is 13.0. The third-order valence-electron chi connectivity index (χ3n) is 5.36. The van der Waals surface area contributed by atoms with Gasteiger partial charge >= 0.3 is 6.09 Å². The van der Waals surface area contributed by atoms with Crippen molar-refractivity contribution in [3.63, 3.8) is 0 Å². The van der Waals surface area contributed by atoms with Crippen LogP contribution in [0.2, 0.25) is 0 Å². The number of hydrogen-bond acceptors (Lipinski definition) is 4. The molecule has 0 bridgehead atoms. The van der Waals surface area contributed by atoms with E-state index in [9.17, 15) is 14.4 Å². The quantitative estimate of drug-likeness (QED) is 0.546. The van der Waals surface area contributed by atoms with Gasteiger partial charge in [-0.05, 0) is 49.4 Å². The summed E-state index contributed by atoms with van der Waals surface area (Å²) < 4.78 is 5.35. The summed E-state index contributed by atoms with van der Waals surface area (Å²) in [6.07, 6.45) is 1.00. The second-order valence-electron chi connectivity index (χ2n) is 9.80. The Morgan fingerprint density at radius 1 is 1.06 bits per heavy atom. The van der Waals surface area contributed by atoms with Crippen LogP contribution in [0, 0.1) is 5.92 Å². The maximum absolute atomic E-state index is 13.6. The molecule has 188 valence electrons. The Bertz CT molecular complexity index is 1030. The van der Waals surface area contributed by atoms with Gasteiger partial charge in [0.25, 0.3) is 0 Å². The normalized spacial score (nSPS) is 12.9. The van der Waals surface area contributed by atoms with Crippen molar-refractivity contribution in [3.8, 4) is 0 Å². The van der Waals surface area contributed by atoms with E-state index in [4.69, 9.17) is 4.74 Å². The Hall–Kier alpha value is -3.61. The van der Waals surface area contributed by atoms with Crippen LogP contribution < -0.4 is 10.6 Å². The number of nitrogens with zero attached hydrogens (tertiary/aromatic N) is 1. The van der Waals surface area contributed by atoms with Crippen LogP contribution in [0.5, 0.6) is 0 Å². The number of hydrogen-bond donors (Lipinski definition) is 2. The second kappa shape index (κ2) is 12.2. The predicted molar refractivity (Wildman–Crippen MR) is 138 cm³/mol. The molecule has 0 spiro atoms. The molecule has 0 aromatic heterocycles. The molecule has 0 heterocycles. The van der Waals surface area contributed by atoms with E-state index in [0.717, 1.165) is 11.1 Å². The Morgan fingerprint density at radius 3 is 2.29 bits per heavy atom. The van der Waals surface area contributed by atoms with Crippen LogP contribution in [0.25, 0.3) is 6.08 Å². The van der Waals surface area contributed by atoms with E-state index in [-0.39, 0.29) is 11.8 Å². The minimum atomic E-state index is -0.909. The summed E-state index contributed by atoms with van der Waals surface area (Å²) in [6, 6.07) is 15.1. The van der Waals surface area contributed by atoms with E-state index in [1.807, 2.05) is 62.4 Å². The molecule has 0 saturated carbocycles. The largest absolute Gasteiger partial charge is 0.444 e. The zero-order chi connectivity index (χ0) is 26.2. The first kappa shape index (κ1) is 27.6. The van der Waals surface area contributed by atoms with Crippen molar-refractivity contribution in [2.24, 2.45) is 5.92 Å². The fourth-order valence-corrected chi connectivity index (χ4v) is 3.58. The molecule has 2 aromatic rings. The number of carbonyl (C=O) groups is 3. The Balaban J connectivity index is 2.33. The van der Waals surface area contributed by atoms with Crippen LogP contribution in [-0.2, 0) is 20.9 Å². The van der Waals surface area contributed by atoms with Gasteiger partial charge in [0.15, 0.2) is 0 Å². The number of amides is 3. The van der Waals surface area contributed by atoms with Crippen molar-refractivity contribution < 1.29 is 19.1 Å².